The van der Waals surface area contributed by atoms with Gasteiger partial charge in [0.05, 0.1) is 32.5 Å². The Morgan fingerprint density at radius 2 is 1.48 bits per heavy atom. The molecule has 0 saturated heterocycles. The summed E-state index contributed by atoms with van der Waals surface area (Å²) in [4.78, 5) is 24.3. The van der Waals surface area contributed by atoms with Crippen LogP contribution in [0.1, 0.15) is 26.3 Å². The van der Waals surface area contributed by atoms with E-state index >= 15 is 0 Å². The molecule has 8 heteroatoms. The molecule has 5 N–H and O–H groups in total. The van der Waals surface area contributed by atoms with Crippen molar-refractivity contribution >= 4 is 52.1 Å². The molecule has 0 aliphatic heterocycles. The molecule has 0 saturated carbocycles. The van der Waals surface area contributed by atoms with Crippen molar-refractivity contribution in [2.24, 2.45) is 5.73 Å². The number of benzene rings is 3. The van der Waals surface area contributed by atoms with E-state index < -0.39 is 11.9 Å². The van der Waals surface area contributed by atoms with Crippen molar-refractivity contribution in [1.29, 1.82) is 0 Å². The summed E-state index contributed by atoms with van der Waals surface area (Å²) < 4.78 is 0. The Bertz CT molecular complexity index is 1070. The topological polar surface area (TPSA) is 104 Å². The van der Waals surface area contributed by atoms with Crippen LogP contribution >= 0.6 is 23.2 Å². The number of carboxylic acids is 1. The Morgan fingerprint density at radius 3 is 2.07 bits per heavy atom. The number of para-hydroxylation sites is 2. The summed E-state index contributed by atoms with van der Waals surface area (Å²) in [5, 5.41) is 15.5. The Morgan fingerprint density at radius 1 is 0.897 bits per heavy atom. The first-order valence-electron chi connectivity index (χ1n) is 8.58. The van der Waals surface area contributed by atoms with Gasteiger partial charge >= 0.3 is 5.97 Å². The van der Waals surface area contributed by atoms with Crippen LogP contribution in [0.4, 0.5) is 17.1 Å². The first-order chi connectivity index (χ1) is 13.9. The van der Waals surface area contributed by atoms with Crippen LogP contribution in [0.25, 0.3) is 0 Å². The smallest absolute Gasteiger partial charge is 0.336 e. The number of carboxylic acid groups (broad SMARTS) is 1. The van der Waals surface area contributed by atoms with Gasteiger partial charge in [-0.05, 0) is 42.0 Å². The van der Waals surface area contributed by atoms with Crippen LogP contribution in [0.5, 0.6) is 0 Å². The lowest BCUT2D eigenvalue weighted by molar-refractivity contribution is 0.0692. The first kappa shape index (κ1) is 20.7. The van der Waals surface area contributed by atoms with Gasteiger partial charge in [0.15, 0.2) is 0 Å². The zero-order valence-corrected chi connectivity index (χ0v) is 16.6. The van der Waals surface area contributed by atoms with Gasteiger partial charge in [0.1, 0.15) is 0 Å². The van der Waals surface area contributed by atoms with Gasteiger partial charge in [0, 0.05) is 12.2 Å². The van der Waals surface area contributed by atoms with Crippen LogP contribution in [0, 0.1) is 0 Å². The van der Waals surface area contributed by atoms with Gasteiger partial charge in [-0.3, -0.25) is 4.79 Å². The zero-order valence-electron chi connectivity index (χ0n) is 15.1. The molecule has 0 unspecified atom stereocenters. The van der Waals surface area contributed by atoms with Crippen molar-refractivity contribution in [2.45, 2.75) is 6.54 Å². The Kier molecular flexibility index (Phi) is 6.39. The number of amides is 1. The molecule has 3 aromatic carbocycles. The molecule has 3 aromatic rings. The lowest BCUT2D eigenvalue weighted by Gasteiger charge is -2.14. The minimum Gasteiger partial charge on any atom is -0.478 e. The van der Waals surface area contributed by atoms with E-state index in [-0.39, 0.29) is 21.2 Å². The average Bonchev–Trinajstić information content (AvgIpc) is 2.71. The highest BCUT2D eigenvalue weighted by Crippen LogP contribution is 2.29. The third kappa shape index (κ3) is 4.86. The summed E-state index contributed by atoms with van der Waals surface area (Å²) in [6.45, 7) is 0.447. The first-order valence-corrected chi connectivity index (χ1v) is 9.33. The Hall–Kier alpha value is -3.06. The van der Waals surface area contributed by atoms with E-state index in [9.17, 15) is 14.7 Å². The summed E-state index contributed by atoms with van der Waals surface area (Å²) in [6.07, 6.45) is 0. The number of halogens is 2. The van der Waals surface area contributed by atoms with Gasteiger partial charge in [0.2, 0.25) is 0 Å². The molecular formula is C21H17Cl2N3O3. The van der Waals surface area contributed by atoms with Crippen molar-refractivity contribution in [3.8, 4) is 0 Å². The maximum Gasteiger partial charge on any atom is 0.336 e. The molecule has 148 valence electrons. The second-order valence-corrected chi connectivity index (χ2v) is 6.96. The molecule has 0 heterocycles. The molecular weight excluding hydrogens is 413 g/mol. The minimum atomic E-state index is -1.28. The molecule has 0 atom stereocenters. The third-order valence-electron chi connectivity index (χ3n) is 4.18. The zero-order chi connectivity index (χ0) is 21.0. The standard InChI is InChI=1S/C21H17Cl2N3O3/c22-16-9-14(15(21(28)29)10-17(16)23)20(27)26-19-4-2-1-3-18(19)25-13-7-5-12(11-24)6-8-13/h1-10,25H,11,24H2,(H,26,27)(H,28,29). The van der Waals surface area contributed by atoms with E-state index in [0.717, 1.165) is 17.3 Å². The molecule has 0 bridgehead atoms. The number of nitrogens with one attached hydrogen (secondary N) is 2. The van der Waals surface area contributed by atoms with Gasteiger partial charge in [-0.15, -0.1) is 0 Å². The quantitative estimate of drug-likeness (QED) is 0.433. The van der Waals surface area contributed by atoms with Crippen molar-refractivity contribution in [2.75, 3.05) is 10.6 Å². The SMILES string of the molecule is NCc1ccc(Nc2ccccc2NC(=O)c2cc(Cl)c(Cl)cc2C(=O)O)cc1. The molecule has 0 fully saturated rings. The maximum atomic E-state index is 12.8. The summed E-state index contributed by atoms with van der Waals surface area (Å²) in [5.74, 6) is -1.89. The van der Waals surface area contributed by atoms with Crippen LogP contribution < -0.4 is 16.4 Å². The number of nitrogens with two attached hydrogens (primary N) is 1. The maximum absolute atomic E-state index is 12.8. The van der Waals surface area contributed by atoms with Crippen LogP contribution in [0.2, 0.25) is 10.0 Å². The van der Waals surface area contributed by atoms with E-state index in [4.69, 9.17) is 28.9 Å². The molecule has 1 amide bonds. The van der Waals surface area contributed by atoms with E-state index in [1.54, 1.807) is 18.2 Å². The molecule has 0 aromatic heterocycles. The lowest BCUT2D eigenvalue weighted by Crippen LogP contribution is -2.17. The summed E-state index contributed by atoms with van der Waals surface area (Å²) >= 11 is 11.9. The number of carbonyl (C=O) groups excluding carboxylic acids is 1. The normalized spacial score (nSPS) is 10.4. The average molecular weight is 430 g/mol. The fraction of sp³-hybridized carbons (Fsp3) is 0.0476. The number of hydrogen-bond donors (Lipinski definition) is 4. The highest BCUT2D eigenvalue weighted by Gasteiger charge is 2.20. The van der Waals surface area contributed by atoms with Crippen LogP contribution in [-0.4, -0.2) is 17.0 Å². The summed E-state index contributed by atoms with van der Waals surface area (Å²) in [6, 6.07) is 17.0. The van der Waals surface area contributed by atoms with Crippen molar-refractivity contribution in [1.82, 2.24) is 0 Å². The van der Waals surface area contributed by atoms with Gasteiger partial charge in [-0.1, -0.05) is 47.5 Å². The molecule has 3 rings (SSSR count). The van der Waals surface area contributed by atoms with Gasteiger partial charge in [-0.25, -0.2) is 4.79 Å². The fourth-order valence-electron chi connectivity index (χ4n) is 2.68. The molecule has 6 nitrogen and oxygen atoms in total. The number of aromatic carboxylic acids is 1. The van der Waals surface area contributed by atoms with Crippen molar-refractivity contribution in [3.63, 3.8) is 0 Å². The Labute approximate surface area is 177 Å². The minimum absolute atomic E-state index is 0.0589. The Balaban J connectivity index is 1.88. The molecule has 0 aliphatic carbocycles. The van der Waals surface area contributed by atoms with Gasteiger partial charge in [0.25, 0.3) is 5.91 Å². The van der Waals surface area contributed by atoms with E-state index in [1.165, 1.54) is 6.07 Å². The van der Waals surface area contributed by atoms with Crippen LogP contribution in [0.15, 0.2) is 60.7 Å². The van der Waals surface area contributed by atoms with E-state index in [1.807, 2.05) is 30.3 Å². The second-order valence-electron chi connectivity index (χ2n) is 6.14. The molecule has 0 radical (unpaired) electrons. The van der Waals surface area contributed by atoms with Crippen molar-refractivity contribution in [3.05, 3.63) is 87.4 Å². The largest absolute Gasteiger partial charge is 0.478 e. The van der Waals surface area contributed by atoms with Gasteiger partial charge in [-0.2, -0.15) is 0 Å². The number of anilines is 3. The van der Waals surface area contributed by atoms with Crippen LogP contribution in [-0.2, 0) is 6.54 Å². The highest BCUT2D eigenvalue weighted by atomic mass is 35.5. The number of carbonyl (C=O) groups is 2. The number of rotatable bonds is 6. The number of hydrogen-bond acceptors (Lipinski definition) is 4. The monoisotopic (exact) mass is 429 g/mol. The summed E-state index contributed by atoms with van der Waals surface area (Å²) in [7, 11) is 0. The van der Waals surface area contributed by atoms with E-state index in [0.29, 0.717) is 17.9 Å². The van der Waals surface area contributed by atoms with E-state index in [2.05, 4.69) is 10.6 Å². The second kappa shape index (κ2) is 8.96. The fourth-order valence-corrected chi connectivity index (χ4v) is 3.01. The lowest BCUT2D eigenvalue weighted by atomic mass is 10.1. The van der Waals surface area contributed by atoms with Crippen molar-refractivity contribution < 1.29 is 14.7 Å². The molecule has 29 heavy (non-hydrogen) atoms. The molecule has 0 spiro atoms. The summed E-state index contributed by atoms with van der Waals surface area (Å²) in [5.41, 5.74) is 8.21. The van der Waals surface area contributed by atoms with Crippen LogP contribution in [0.3, 0.4) is 0 Å². The highest BCUT2D eigenvalue weighted by molar-refractivity contribution is 6.42. The molecule has 0 aliphatic rings. The predicted molar refractivity (Wildman–Crippen MR) is 115 cm³/mol. The predicted octanol–water partition coefficient (Wildman–Crippen LogP) is 5.15. The van der Waals surface area contributed by atoms with Gasteiger partial charge < -0.3 is 21.5 Å². The third-order valence-corrected chi connectivity index (χ3v) is 4.90.